The third-order valence-electron chi connectivity index (χ3n) is 3.87. The lowest BCUT2D eigenvalue weighted by molar-refractivity contribution is -0.192. The molecule has 7 nitrogen and oxygen atoms in total. The highest BCUT2D eigenvalue weighted by Crippen LogP contribution is 2.39. The first kappa shape index (κ1) is 14.4. The fraction of sp³-hybridized carbons (Fsp3) is 0.375. The number of nitrogens with zero attached hydrogens (tertiary/aromatic N) is 2. The molecule has 3 aromatic rings. The number of H-pyrrole nitrogens is 1. The molecule has 2 unspecified atom stereocenters. The number of hydrogen-bond acceptors (Lipinski definition) is 6. The maximum Gasteiger partial charge on any atom is 0.236 e. The van der Waals surface area contributed by atoms with Gasteiger partial charge in [0.2, 0.25) is 5.79 Å². The van der Waals surface area contributed by atoms with Gasteiger partial charge in [0.15, 0.2) is 11.6 Å². The molecule has 0 saturated carbocycles. The van der Waals surface area contributed by atoms with Crippen molar-refractivity contribution in [3.63, 3.8) is 0 Å². The van der Waals surface area contributed by atoms with Gasteiger partial charge >= 0.3 is 0 Å². The lowest BCUT2D eigenvalue weighted by Crippen LogP contribution is -2.31. The highest BCUT2D eigenvalue weighted by atomic mass is 16.8. The smallest absolute Gasteiger partial charge is 0.236 e. The Hall–Kier alpha value is -2.22. The van der Waals surface area contributed by atoms with Gasteiger partial charge in [-0.3, -0.25) is 5.10 Å². The van der Waals surface area contributed by atoms with Crippen molar-refractivity contribution in [3.8, 4) is 0 Å². The molecular formula is C16H17N3O4. The summed E-state index contributed by atoms with van der Waals surface area (Å²) in [6, 6.07) is 9.75. The van der Waals surface area contributed by atoms with Crippen LogP contribution in [0, 0.1) is 0 Å². The fourth-order valence-corrected chi connectivity index (χ4v) is 2.84. The van der Waals surface area contributed by atoms with Gasteiger partial charge in [-0.05, 0) is 12.1 Å². The molecule has 1 aliphatic rings. The molecule has 1 aliphatic heterocycles. The summed E-state index contributed by atoms with van der Waals surface area (Å²) < 4.78 is 23.3. The van der Waals surface area contributed by atoms with Crippen molar-refractivity contribution in [1.82, 2.24) is 15.2 Å². The molecule has 1 saturated heterocycles. The van der Waals surface area contributed by atoms with Crippen molar-refractivity contribution in [2.75, 3.05) is 20.3 Å². The monoisotopic (exact) mass is 315 g/mol. The predicted molar refractivity (Wildman–Crippen MR) is 80.7 cm³/mol. The molecule has 0 amide bonds. The summed E-state index contributed by atoms with van der Waals surface area (Å²) >= 11 is 0. The molecule has 0 spiro atoms. The largest absolute Gasteiger partial charge is 0.455 e. The van der Waals surface area contributed by atoms with Crippen LogP contribution >= 0.6 is 0 Å². The van der Waals surface area contributed by atoms with Crippen molar-refractivity contribution in [1.29, 1.82) is 0 Å². The van der Waals surface area contributed by atoms with E-state index in [1.165, 1.54) is 6.33 Å². The molecule has 1 N–H and O–H groups in total. The summed E-state index contributed by atoms with van der Waals surface area (Å²) in [4.78, 5) is 4.18. The standard InChI is InChI=1S/C16H17N3O4/c1-20-8-12-9-21-16(23-12,7-15-17-10-18-19-15)14-6-11-4-2-3-5-13(11)22-14/h2-6,10,12H,7-9H2,1H3,(H,17,18,19). The van der Waals surface area contributed by atoms with Crippen LogP contribution < -0.4 is 0 Å². The molecule has 0 radical (unpaired) electrons. The molecule has 0 bridgehead atoms. The predicted octanol–water partition coefficient (Wildman–Crippen LogP) is 2.01. The topological polar surface area (TPSA) is 82.4 Å². The van der Waals surface area contributed by atoms with E-state index in [2.05, 4.69) is 15.2 Å². The van der Waals surface area contributed by atoms with Crippen LogP contribution in [-0.2, 0) is 26.4 Å². The van der Waals surface area contributed by atoms with E-state index in [4.69, 9.17) is 18.6 Å². The van der Waals surface area contributed by atoms with Crippen molar-refractivity contribution in [3.05, 3.63) is 48.2 Å². The second kappa shape index (κ2) is 5.77. The number of fused-ring (bicyclic) bond motifs is 1. The first-order valence-electron chi connectivity index (χ1n) is 7.43. The number of rotatable bonds is 5. The number of aromatic amines is 1. The van der Waals surface area contributed by atoms with Crippen LogP contribution in [0.3, 0.4) is 0 Å². The summed E-state index contributed by atoms with van der Waals surface area (Å²) in [5.74, 6) is 0.176. The number of furan rings is 1. The Kier molecular flexibility index (Phi) is 3.60. The van der Waals surface area contributed by atoms with Crippen LogP contribution in [0.25, 0.3) is 11.0 Å². The molecule has 120 valence electrons. The highest BCUT2D eigenvalue weighted by Gasteiger charge is 2.47. The molecule has 23 heavy (non-hydrogen) atoms. The van der Waals surface area contributed by atoms with Crippen molar-refractivity contribution < 1.29 is 18.6 Å². The molecule has 7 heteroatoms. The molecule has 1 fully saturated rings. The van der Waals surface area contributed by atoms with Crippen molar-refractivity contribution in [2.45, 2.75) is 18.3 Å². The zero-order valence-corrected chi connectivity index (χ0v) is 12.7. The van der Waals surface area contributed by atoms with Crippen molar-refractivity contribution in [2.24, 2.45) is 0 Å². The maximum atomic E-state index is 6.14. The number of hydrogen-bond donors (Lipinski definition) is 1. The first-order chi connectivity index (χ1) is 11.3. The Morgan fingerprint density at radius 2 is 2.30 bits per heavy atom. The Labute approximate surface area is 132 Å². The number of aromatic nitrogens is 3. The second-order valence-corrected chi connectivity index (χ2v) is 5.50. The molecular weight excluding hydrogens is 298 g/mol. The summed E-state index contributed by atoms with van der Waals surface area (Å²) in [5, 5.41) is 7.81. The molecule has 4 rings (SSSR count). The van der Waals surface area contributed by atoms with Gasteiger partial charge in [0, 0.05) is 12.5 Å². The SMILES string of the molecule is COCC1COC(Cc2nc[nH]n2)(c2cc3ccccc3o2)O1. The Morgan fingerprint density at radius 3 is 3.09 bits per heavy atom. The van der Waals surface area contributed by atoms with Gasteiger partial charge in [0.05, 0.1) is 19.6 Å². The van der Waals surface area contributed by atoms with Gasteiger partial charge < -0.3 is 18.6 Å². The van der Waals surface area contributed by atoms with Crippen molar-refractivity contribution >= 4 is 11.0 Å². The summed E-state index contributed by atoms with van der Waals surface area (Å²) in [6.45, 7) is 0.880. The van der Waals surface area contributed by atoms with Gasteiger partial charge in [-0.15, -0.1) is 0 Å². The van der Waals surface area contributed by atoms with Gasteiger partial charge in [0.1, 0.15) is 18.0 Å². The van der Waals surface area contributed by atoms with Crippen LogP contribution in [0.4, 0.5) is 0 Å². The van der Waals surface area contributed by atoms with Crippen LogP contribution in [0.5, 0.6) is 0 Å². The van der Waals surface area contributed by atoms with E-state index in [0.717, 1.165) is 11.0 Å². The average molecular weight is 315 g/mol. The zero-order valence-electron chi connectivity index (χ0n) is 12.7. The van der Waals surface area contributed by atoms with Gasteiger partial charge in [-0.25, -0.2) is 4.98 Å². The van der Waals surface area contributed by atoms with E-state index in [9.17, 15) is 0 Å². The zero-order chi connectivity index (χ0) is 15.7. The van der Waals surface area contributed by atoms with Crippen LogP contribution in [0.15, 0.2) is 41.1 Å². The number of para-hydroxylation sites is 1. The minimum atomic E-state index is -1.04. The molecule has 2 atom stereocenters. The van der Waals surface area contributed by atoms with Crippen LogP contribution in [0.1, 0.15) is 11.6 Å². The van der Waals surface area contributed by atoms with Gasteiger partial charge in [-0.2, -0.15) is 5.10 Å². The molecule has 1 aromatic carbocycles. The van der Waals surface area contributed by atoms with Crippen LogP contribution in [-0.4, -0.2) is 41.6 Å². The number of ether oxygens (including phenoxy) is 3. The minimum Gasteiger partial charge on any atom is -0.455 e. The third kappa shape index (κ3) is 2.63. The molecule has 0 aliphatic carbocycles. The van der Waals surface area contributed by atoms with E-state index < -0.39 is 5.79 Å². The minimum absolute atomic E-state index is 0.160. The van der Waals surface area contributed by atoms with Gasteiger partial charge in [-0.1, -0.05) is 18.2 Å². The molecule has 3 heterocycles. The fourth-order valence-electron chi connectivity index (χ4n) is 2.84. The van der Waals surface area contributed by atoms with E-state index in [0.29, 0.717) is 31.2 Å². The van der Waals surface area contributed by atoms with Crippen LogP contribution in [0.2, 0.25) is 0 Å². The Bertz CT molecular complexity index is 753. The number of methoxy groups -OCH3 is 1. The van der Waals surface area contributed by atoms with E-state index in [1.807, 2.05) is 30.3 Å². The van der Waals surface area contributed by atoms with E-state index in [-0.39, 0.29) is 6.10 Å². The quantitative estimate of drug-likeness (QED) is 0.775. The van der Waals surface area contributed by atoms with Gasteiger partial charge in [0.25, 0.3) is 0 Å². The lowest BCUT2D eigenvalue weighted by atomic mass is 10.1. The second-order valence-electron chi connectivity index (χ2n) is 5.50. The normalized spacial score (nSPS) is 24.5. The molecule has 2 aromatic heterocycles. The summed E-state index contributed by atoms with van der Waals surface area (Å²) in [7, 11) is 1.64. The third-order valence-corrected chi connectivity index (χ3v) is 3.87. The number of benzene rings is 1. The highest BCUT2D eigenvalue weighted by molar-refractivity contribution is 5.77. The number of nitrogens with one attached hydrogen (secondary N) is 1. The maximum absolute atomic E-state index is 6.14. The summed E-state index contributed by atoms with van der Waals surface area (Å²) in [6.07, 6.45) is 1.73. The average Bonchev–Trinajstić information content (AvgIpc) is 3.28. The first-order valence-corrected chi connectivity index (χ1v) is 7.43. The lowest BCUT2D eigenvalue weighted by Gasteiger charge is -2.24. The summed E-state index contributed by atoms with van der Waals surface area (Å²) in [5.41, 5.74) is 0.791. The van der Waals surface area contributed by atoms with E-state index in [1.54, 1.807) is 7.11 Å². The Balaban J connectivity index is 1.72. The Morgan fingerprint density at radius 1 is 1.39 bits per heavy atom. The van der Waals surface area contributed by atoms with E-state index >= 15 is 0 Å².